The van der Waals surface area contributed by atoms with Crippen molar-refractivity contribution in [2.75, 3.05) is 7.05 Å². The molecular weight excluding hydrogens is 202 g/mol. The van der Waals surface area contributed by atoms with Gasteiger partial charge in [-0.05, 0) is 12.5 Å². The van der Waals surface area contributed by atoms with Crippen molar-refractivity contribution in [3.63, 3.8) is 0 Å². The first-order chi connectivity index (χ1) is 7.77. The van der Waals surface area contributed by atoms with Crippen LogP contribution in [0.25, 0.3) is 10.9 Å². The molecule has 16 heavy (non-hydrogen) atoms. The van der Waals surface area contributed by atoms with Crippen molar-refractivity contribution in [2.45, 2.75) is 19.9 Å². The van der Waals surface area contributed by atoms with E-state index in [4.69, 9.17) is 0 Å². The molecule has 0 saturated heterocycles. The summed E-state index contributed by atoms with van der Waals surface area (Å²) < 4.78 is 1.78. The zero-order chi connectivity index (χ0) is 11.5. The molecule has 1 aromatic heterocycles. The summed E-state index contributed by atoms with van der Waals surface area (Å²) >= 11 is 0. The maximum absolute atomic E-state index is 11.8. The SMILES string of the molecule is CCCn1nc2ccccc2c1C(=O)NC. The molecular formula is C12H15N3O. The van der Waals surface area contributed by atoms with Crippen LogP contribution < -0.4 is 5.32 Å². The molecule has 0 fully saturated rings. The molecule has 0 aliphatic heterocycles. The lowest BCUT2D eigenvalue weighted by atomic mass is 10.2. The summed E-state index contributed by atoms with van der Waals surface area (Å²) in [5.74, 6) is -0.0813. The predicted octanol–water partition coefficient (Wildman–Crippen LogP) is 1.81. The first-order valence-electron chi connectivity index (χ1n) is 5.45. The average molecular weight is 217 g/mol. The Morgan fingerprint density at radius 3 is 2.88 bits per heavy atom. The van der Waals surface area contributed by atoms with Crippen LogP contribution in [0.4, 0.5) is 0 Å². The van der Waals surface area contributed by atoms with Gasteiger partial charge in [0.1, 0.15) is 5.69 Å². The van der Waals surface area contributed by atoms with E-state index in [1.54, 1.807) is 11.7 Å². The van der Waals surface area contributed by atoms with Gasteiger partial charge in [0.2, 0.25) is 0 Å². The number of aryl methyl sites for hydroxylation is 1. The molecule has 1 amide bonds. The number of rotatable bonds is 3. The number of hydrogen-bond acceptors (Lipinski definition) is 2. The fraction of sp³-hybridized carbons (Fsp3) is 0.333. The lowest BCUT2D eigenvalue weighted by Crippen LogP contribution is -2.22. The third kappa shape index (κ3) is 1.66. The third-order valence-electron chi connectivity index (χ3n) is 2.52. The Morgan fingerprint density at radius 1 is 1.44 bits per heavy atom. The molecule has 4 heteroatoms. The van der Waals surface area contributed by atoms with Gasteiger partial charge >= 0.3 is 0 Å². The minimum absolute atomic E-state index is 0.0813. The van der Waals surface area contributed by atoms with E-state index in [0.29, 0.717) is 5.69 Å². The second-order valence-electron chi connectivity index (χ2n) is 3.67. The molecule has 0 atom stereocenters. The fourth-order valence-electron chi connectivity index (χ4n) is 1.81. The number of aromatic nitrogens is 2. The standard InChI is InChI=1S/C12H15N3O/c1-3-8-15-11(12(16)13-2)9-6-4-5-7-10(9)14-15/h4-7H,3,8H2,1-2H3,(H,13,16). The summed E-state index contributed by atoms with van der Waals surface area (Å²) in [5, 5.41) is 8.00. The van der Waals surface area contributed by atoms with Crippen LogP contribution in [0.15, 0.2) is 24.3 Å². The molecule has 0 aliphatic rings. The lowest BCUT2D eigenvalue weighted by molar-refractivity contribution is 0.0954. The molecule has 1 heterocycles. The van der Waals surface area contributed by atoms with Crippen LogP contribution in [0.5, 0.6) is 0 Å². The molecule has 0 radical (unpaired) electrons. The van der Waals surface area contributed by atoms with Gasteiger partial charge < -0.3 is 5.32 Å². The van der Waals surface area contributed by atoms with E-state index < -0.39 is 0 Å². The molecule has 0 spiro atoms. The second kappa shape index (κ2) is 4.35. The first-order valence-corrected chi connectivity index (χ1v) is 5.45. The fourth-order valence-corrected chi connectivity index (χ4v) is 1.81. The average Bonchev–Trinajstić information content (AvgIpc) is 2.66. The van der Waals surface area contributed by atoms with E-state index in [-0.39, 0.29) is 5.91 Å². The highest BCUT2D eigenvalue weighted by Gasteiger charge is 2.15. The van der Waals surface area contributed by atoms with Gasteiger partial charge in [-0.2, -0.15) is 5.10 Å². The predicted molar refractivity (Wildman–Crippen MR) is 63.4 cm³/mol. The molecule has 2 rings (SSSR count). The van der Waals surface area contributed by atoms with Crippen LogP contribution >= 0.6 is 0 Å². The van der Waals surface area contributed by atoms with Gasteiger partial charge in [-0.15, -0.1) is 0 Å². The minimum atomic E-state index is -0.0813. The number of amides is 1. The van der Waals surface area contributed by atoms with E-state index in [1.807, 2.05) is 24.3 Å². The number of nitrogens with one attached hydrogen (secondary N) is 1. The molecule has 4 nitrogen and oxygen atoms in total. The Hall–Kier alpha value is -1.84. The topological polar surface area (TPSA) is 46.9 Å². The number of nitrogens with zero attached hydrogens (tertiary/aromatic N) is 2. The number of hydrogen-bond donors (Lipinski definition) is 1. The lowest BCUT2D eigenvalue weighted by Gasteiger charge is -2.04. The quantitative estimate of drug-likeness (QED) is 0.852. The summed E-state index contributed by atoms with van der Waals surface area (Å²) in [5.41, 5.74) is 1.52. The van der Waals surface area contributed by atoms with Crippen LogP contribution in [0, 0.1) is 0 Å². The van der Waals surface area contributed by atoms with Crippen LogP contribution in [0.3, 0.4) is 0 Å². The van der Waals surface area contributed by atoms with Crippen molar-refractivity contribution in [1.29, 1.82) is 0 Å². The highest BCUT2D eigenvalue weighted by molar-refractivity contribution is 6.04. The van der Waals surface area contributed by atoms with E-state index in [2.05, 4.69) is 17.3 Å². The molecule has 0 saturated carbocycles. The summed E-state index contributed by atoms with van der Waals surface area (Å²) in [6.45, 7) is 2.83. The van der Waals surface area contributed by atoms with Crippen molar-refractivity contribution >= 4 is 16.8 Å². The van der Waals surface area contributed by atoms with Gasteiger partial charge in [-0.1, -0.05) is 25.1 Å². The maximum atomic E-state index is 11.8. The molecule has 0 aliphatic carbocycles. The zero-order valence-electron chi connectivity index (χ0n) is 9.53. The van der Waals surface area contributed by atoms with E-state index >= 15 is 0 Å². The van der Waals surface area contributed by atoms with Crippen molar-refractivity contribution < 1.29 is 4.79 Å². The Kier molecular flexibility index (Phi) is 2.90. The molecule has 1 aromatic carbocycles. The number of fused-ring (bicyclic) bond motifs is 1. The highest BCUT2D eigenvalue weighted by Crippen LogP contribution is 2.18. The molecule has 0 unspecified atom stereocenters. The summed E-state index contributed by atoms with van der Waals surface area (Å²) in [6.07, 6.45) is 0.956. The van der Waals surface area contributed by atoms with Crippen molar-refractivity contribution in [3.8, 4) is 0 Å². The van der Waals surface area contributed by atoms with Crippen LogP contribution in [0.1, 0.15) is 23.8 Å². The minimum Gasteiger partial charge on any atom is -0.354 e. The third-order valence-corrected chi connectivity index (χ3v) is 2.52. The van der Waals surface area contributed by atoms with Crippen LogP contribution in [0.2, 0.25) is 0 Å². The van der Waals surface area contributed by atoms with Gasteiger partial charge in [0.15, 0.2) is 0 Å². The van der Waals surface area contributed by atoms with E-state index in [1.165, 1.54) is 0 Å². The van der Waals surface area contributed by atoms with Crippen molar-refractivity contribution in [3.05, 3.63) is 30.0 Å². The monoisotopic (exact) mass is 217 g/mol. The van der Waals surface area contributed by atoms with Gasteiger partial charge in [0, 0.05) is 19.0 Å². The summed E-state index contributed by atoms with van der Waals surface area (Å²) in [6, 6.07) is 7.71. The molecule has 84 valence electrons. The molecule has 1 N–H and O–H groups in total. The molecule has 0 bridgehead atoms. The Labute approximate surface area is 94.3 Å². The van der Waals surface area contributed by atoms with E-state index in [9.17, 15) is 4.79 Å². The largest absolute Gasteiger partial charge is 0.354 e. The van der Waals surface area contributed by atoms with E-state index in [0.717, 1.165) is 23.9 Å². The van der Waals surface area contributed by atoms with Crippen LogP contribution in [-0.2, 0) is 6.54 Å². The highest BCUT2D eigenvalue weighted by atomic mass is 16.1. The molecule has 2 aromatic rings. The Bertz CT molecular complexity index is 516. The van der Waals surface area contributed by atoms with Crippen molar-refractivity contribution in [1.82, 2.24) is 15.1 Å². The first kappa shape index (κ1) is 10.7. The zero-order valence-corrected chi connectivity index (χ0v) is 9.53. The summed E-state index contributed by atoms with van der Waals surface area (Å²) in [4.78, 5) is 11.8. The normalized spacial score (nSPS) is 10.6. The van der Waals surface area contributed by atoms with Gasteiger partial charge in [-0.3, -0.25) is 9.48 Å². The Balaban J connectivity index is 2.64. The van der Waals surface area contributed by atoms with Gasteiger partial charge in [-0.25, -0.2) is 0 Å². The van der Waals surface area contributed by atoms with Crippen molar-refractivity contribution in [2.24, 2.45) is 0 Å². The smallest absolute Gasteiger partial charge is 0.269 e. The number of benzene rings is 1. The van der Waals surface area contributed by atoms with Gasteiger partial charge in [0.25, 0.3) is 5.91 Å². The number of carbonyl (C=O) groups is 1. The second-order valence-corrected chi connectivity index (χ2v) is 3.67. The maximum Gasteiger partial charge on any atom is 0.269 e. The summed E-state index contributed by atoms with van der Waals surface area (Å²) in [7, 11) is 1.64. The van der Waals surface area contributed by atoms with Gasteiger partial charge in [0.05, 0.1) is 5.52 Å². The number of carbonyl (C=O) groups excluding carboxylic acids is 1. The van der Waals surface area contributed by atoms with Crippen LogP contribution in [-0.4, -0.2) is 22.7 Å². The Morgan fingerprint density at radius 2 is 2.19 bits per heavy atom.